The fraction of sp³-hybridized carbons (Fsp3) is 0.185. The molecule has 0 bridgehead atoms. The zero-order valence-electron chi connectivity index (χ0n) is 17.5. The highest BCUT2D eigenvalue weighted by molar-refractivity contribution is 6.50. The molecule has 1 unspecified atom stereocenters. The van der Waals surface area contributed by atoms with E-state index in [1.165, 1.54) is 0 Å². The van der Waals surface area contributed by atoms with Gasteiger partial charge in [-0.25, -0.2) is 0 Å². The lowest BCUT2D eigenvalue weighted by molar-refractivity contribution is -0.122. The number of aromatic nitrogens is 1. The number of nitrogens with one attached hydrogen (secondary N) is 1. The van der Waals surface area contributed by atoms with E-state index in [1.807, 2.05) is 60.7 Å². The second-order valence-electron chi connectivity index (χ2n) is 8.63. The minimum Gasteiger partial charge on any atom is -0.396 e. The van der Waals surface area contributed by atoms with Crippen molar-refractivity contribution in [3.8, 4) is 0 Å². The van der Waals surface area contributed by atoms with E-state index < -0.39 is 0 Å². The van der Waals surface area contributed by atoms with Crippen molar-refractivity contribution in [2.75, 3.05) is 6.61 Å². The maximum Gasteiger partial charge on any atom is 0.259 e. The standard InChI is InChI=1S/C27H22N2O3/c30-15-16-11-12-29-21-8-4-3-7-20(21)24(22(29)13-16)25-23(26(31)28-27(25)32)19-10-9-17-5-1-2-6-18(17)14-19/h1-10,14,16,30H,11-13,15H2,(H,28,31,32). The monoisotopic (exact) mass is 422 g/mol. The largest absolute Gasteiger partial charge is 0.396 e. The van der Waals surface area contributed by atoms with E-state index in [-0.39, 0.29) is 24.3 Å². The molecule has 0 saturated heterocycles. The fourth-order valence-corrected chi connectivity index (χ4v) is 5.26. The highest BCUT2D eigenvalue weighted by Gasteiger charge is 2.37. The molecule has 0 radical (unpaired) electrons. The molecule has 0 fully saturated rings. The third kappa shape index (κ3) is 2.75. The van der Waals surface area contributed by atoms with Crippen LogP contribution in [0, 0.1) is 5.92 Å². The summed E-state index contributed by atoms with van der Waals surface area (Å²) in [6, 6.07) is 21.9. The molecule has 5 heteroatoms. The molecule has 5 nitrogen and oxygen atoms in total. The Morgan fingerprint density at radius 1 is 0.906 bits per heavy atom. The van der Waals surface area contributed by atoms with E-state index in [4.69, 9.17) is 0 Å². The van der Waals surface area contributed by atoms with Crippen molar-refractivity contribution in [3.63, 3.8) is 0 Å². The number of fused-ring (bicyclic) bond motifs is 4. The molecule has 0 aliphatic carbocycles. The van der Waals surface area contributed by atoms with E-state index in [0.717, 1.165) is 51.5 Å². The molecular weight excluding hydrogens is 400 g/mol. The lowest BCUT2D eigenvalue weighted by atomic mass is 9.89. The van der Waals surface area contributed by atoms with Gasteiger partial charge in [0.25, 0.3) is 11.8 Å². The number of aliphatic hydroxyl groups is 1. The number of benzene rings is 3. The quantitative estimate of drug-likeness (QED) is 0.492. The Bertz CT molecular complexity index is 1460. The number of nitrogens with zero attached hydrogens (tertiary/aromatic N) is 1. The average molecular weight is 422 g/mol. The third-order valence-electron chi connectivity index (χ3n) is 6.80. The van der Waals surface area contributed by atoms with Crippen LogP contribution < -0.4 is 5.32 Å². The highest BCUT2D eigenvalue weighted by Crippen LogP contribution is 2.41. The molecule has 6 rings (SSSR count). The van der Waals surface area contributed by atoms with Gasteiger partial charge in [0.05, 0.1) is 11.1 Å². The van der Waals surface area contributed by atoms with Gasteiger partial charge >= 0.3 is 0 Å². The van der Waals surface area contributed by atoms with Gasteiger partial charge in [0.2, 0.25) is 0 Å². The number of carbonyl (C=O) groups excluding carboxylic acids is 2. The summed E-state index contributed by atoms with van der Waals surface area (Å²) in [5, 5.41) is 15.4. The van der Waals surface area contributed by atoms with E-state index in [9.17, 15) is 14.7 Å². The van der Waals surface area contributed by atoms with Crippen LogP contribution in [-0.2, 0) is 22.6 Å². The molecule has 2 aliphatic heterocycles. The smallest absolute Gasteiger partial charge is 0.259 e. The van der Waals surface area contributed by atoms with Crippen LogP contribution in [0.2, 0.25) is 0 Å². The molecular formula is C27H22N2O3. The number of hydrogen-bond acceptors (Lipinski definition) is 3. The van der Waals surface area contributed by atoms with Crippen LogP contribution in [0.4, 0.5) is 0 Å². The van der Waals surface area contributed by atoms with Crippen molar-refractivity contribution in [1.82, 2.24) is 9.88 Å². The van der Waals surface area contributed by atoms with E-state index in [1.54, 1.807) is 0 Å². The van der Waals surface area contributed by atoms with Gasteiger partial charge in [0, 0.05) is 35.3 Å². The molecule has 2 N–H and O–H groups in total. The zero-order chi connectivity index (χ0) is 21.8. The van der Waals surface area contributed by atoms with Crippen LogP contribution in [0.1, 0.15) is 23.2 Å². The number of aryl methyl sites for hydroxylation is 1. The van der Waals surface area contributed by atoms with Gasteiger partial charge in [-0.15, -0.1) is 0 Å². The van der Waals surface area contributed by atoms with Crippen LogP contribution in [0.25, 0.3) is 32.8 Å². The maximum atomic E-state index is 13.2. The summed E-state index contributed by atoms with van der Waals surface area (Å²) in [7, 11) is 0. The predicted molar refractivity (Wildman–Crippen MR) is 125 cm³/mol. The second-order valence-corrected chi connectivity index (χ2v) is 8.63. The summed E-state index contributed by atoms with van der Waals surface area (Å²) in [5.74, 6) is -0.572. The normalized spacial score (nSPS) is 18.5. The Hall–Kier alpha value is -3.70. The van der Waals surface area contributed by atoms with Gasteiger partial charge < -0.3 is 9.67 Å². The Kier molecular flexibility index (Phi) is 4.26. The Morgan fingerprint density at radius 2 is 1.66 bits per heavy atom. The van der Waals surface area contributed by atoms with Crippen molar-refractivity contribution in [2.24, 2.45) is 5.92 Å². The molecule has 1 atom stereocenters. The number of hydrogen-bond donors (Lipinski definition) is 2. The van der Waals surface area contributed by atoms with Crippen LogP contribution >= 0.6 is 0 Å². The van der Waals surface area contributed by atoms with Gasteiger partial charge in [-0.2, -0.15) is 0 Å². The average Bonchev–Trinajstić information content (AvgIpc) is 3.30. The minimum atomic E-state index is -0.362. The molecule has 0 saturated carbocycles. The summed E-state index contributed by atoms with van der Waals surface area (Å²) in [4.78, 5) is 26.2. The summed E-state index contributed by atoms with van der Waals surface area (Å²) < 4.78 is 2.25. The lowest BCUT2D eigenvalue weighted by Crippen LogP contribution is -2.24. The molecule has 2 amide bonds. The number of para-hydroxylation sites is 1. The first kappa shape index (κ1) is 19.0. The van der Waals surface area contributed by atoms with Crippen LogP contribution in [0.3, 0.4) is 0 Å². The molecule has 3 aromatic carbocycles. The summed E-state index contributed by atoms with van der Waals surface area (Å²) in [6.07, 6.45) is 1.57. The Balaban J connectivity index is 1.66. The third-order valence-corrected chi connectivity index (χ3v) is 6.80. The first-order valence-corrected chi connectivity index (χ1v) is 11.0. The summed E-state index contributed by atoms with van der Waals surface area (Å²) >= 11 is 0. The zero-order valence-corrected chi connectivity index (χ0v) is 17.5. The lowest BCUT2D eigenvalue weighted by Gasteiger charge is -2.24. The van der Waals surface area contributed by atoms with Gasteiger partial charge in [0.1, 0.15) is 0 Å². The SMILES string of the molecule is O=C1NC(=O)C(c2c3n(c4ccccc24)CCC(CO)C3)=C1c1ccc2ccccc2c1. The van der Waals surface area contributed by atoms with Crippen molar-refractivity contribution >= 4 is 44.6 Å². The van der Waals surface area contributed by atoms with Crippen LogP contribution in [-0.4, -0.2) is 28.1 Å². The fourth-order valence-electron chi connectivity index (χ4n) is 5.26. The number of imide groups is 1. The van der Waals surface area contributed by atoms with Gasteiger partial charge in [-0.3, -0.25) is 14.9 Å². The van der Waals surface area contributed by atoms with Crippen LogP contribution in [0.15, 0.2) is 66.7 Å². The second kappa shape index (κ2) is 7.18. The molecule has 2 aliphatic rings. The highest BCUT2D eigenvalue weighted by atomic mass is 16.3. The Morgan fingerprint density at radius 3 is 2.50 bits per heavy atom. The molecule has 158 valence electrons. The molecule has 0 spiro atoms. The summed E-state index contributed by atoms with van der Waals surface area (Å²) in [5.41, 5.74) is 4.51. The first-order valence-electron chi connectivity index (χ1n) is 11.0. The maximum absolute atomic E-state index is 13.2. The van der Waals surface area contributed by atoms with Crippen molar-refractivity contribution < 1.29 is 14.7 Å². The Labute approximate surface area is 185 Å². The first-order chi connectivity index (χ1) is 15.7. The van der Waals surface area contributed by atoms with Gasteiger partial charge in [-0.1, -0.05) is 54.6 Å². The van der Waals surface area contributed by atoms with Gasteiger partial charge in [0.15, 0.2) is 0 Å². The number of rotatable bonds is 3. The number of aliphatic hydroxyl groups excluding tert-OH is 1. The van der Waals surface area contributed by atoms with E-state index >= 15 is 0 Å². The van der Waals surface area contributed by atoms with Crippen molar-refractivity contribution in [2.45, 2.75) is 19.4 Å². The van der Waals surface area contributed by atoms with Crippen molar-refractivity contribution in [3.05, 3.63) is 83.6 Å². The number of carbonyl (C=O) groups is 2. The minimum absolute atomic E-state index is 0.114. The molecule has 4 aromatic rings. The summed E-state index contributed by atoms with van der Waals surface area (Å²) in [6.45, 7) is 0.901. The molecule has 32 heavy (non-hydrogen) atoms. The molecule has 3 heterocycles. The molecule has 1 aromatic heterocycles. The van der Waals surface area contributed by atoms with Gasteiger partial charge in [-0.05, 0) is 47.2 Å². The van der Waals surface area contributed by atoms with Crippen LogP contribution in [0.5, 0.6) is 0 Å². The van der Waals surface area contributed by atoms with Crippen molar-refractivity contribution in [1.29, 1.82) is 0 Å². The van der Waals surface area contributed by atoms with E-state index in [2.05, 4.69) is 16.0 Å². The number of amides is 2. The van der Waals surface area contributed by atoms with E-state index in [0.29, 0.717) is 17.6 Å². The topological polar surface area (TPSA) is 71.3 Å². The predicted octanol–water partition coefficient (Wildman–Crippen LogP) is 3.92.